The highest BCUT2D eigenvalue weighted by Crippen LogP contribution is 2.23. The molecule has 0 radical (unpaired) electrons. The summed E-state index contributed by atoms with van der Waals surface area (Å²) in [7, 11) is 1.87. The summed E-state index contributed by atoms with van der Waals surface area (Å²) in [6.45, 7) is 11.0. The predicted octanol–water partition coefficient (Wildman–Crippen LogP) is 1.87. The van der Waals surface area contributed by atoms with Gasteiger partial charge in [0.1, 0.15) is 12.1 Å². The topological polar surface area (TPSA) is 66.8 Å². The van der Waals surface area contributed by atoms with Gasteiger partial charge in [-0.3, -0.25) is 14.5 Å². The number of hydrogen-bond donors (Lipinski definition) is 1. The Bertz CT molecular complexity index is 341. The minimum atomic E-state index is -0.544. The largest absolute Gasteiger partial charge is 0.460 e. The molecule has 21 heavy (non-hydrogen) atoms. The van der Waals surface area contributed by atoms with Crippen molar-refractivity contribution in [1.82, 2.24) is 4.90 Å². The smallest absolute Gasteiger partial charge is 0.302 e. The maximum atomic E-state index is 12.6. The number of nitrogens with zero attached hydrogens (tertiary/aromatic N) is 1. The number of hydrogen-bond acceptors (Lipinski definition) is 5. The van der Waals surface area contributed by atoms with E-state index in [0.29, 0.717) is 6.42 Å². The first-order chi connectivity index (χ1) is 9.63. The summed E-state index contributed by atoms with van der Waals surface area (Å²) in [5.41, 5.74) is 0. The summed E-state index contributed by atoms with van der Waals surface area (Å²) in [4.78, 5) is 26.0. The minimum Gasteiger partial charge on any atom is -0.460 e. The van der Waals surface area contributed by atoms with Crippen molar-refractivity contribution >= 4 is 11.8 Å². The van der Waals surface area contributed by atoms with E-state index in [1.807, 2.05) is 46.6 Å². The lowest BCUT2D eigenvalue weighted by Crippen LogP contribution is -2.54. The van der Waals surface area contributed by atoms with Crippen LogP contribution in [-0.2, 0) is 14.3 Å². The van der Waals surface area contributed by atoms with Gasteiger partial charge in [0.25, 0.3) is 0 Å². The highest BCUT2D eigenvalue weighted by molar-refractivity contribution is 5.86. The van der Waals surface area contributed by atoms with Crippen LogP contribution in [-0.4, -0.2) is 53.6 Å². The van der Waals surface area contributed by atoms with Crippen LogP contribution in [0.15, 0.2) is 0 Å². The standard InChI is InChI=1S/C16H31NO4/c1-10(2)15(20)14(17(7)11(3)4)16(21-13(6)19)12(5)8-9-18/h10-12,14,16,18H,8-9H2,1-7H3/t12-,14-,16-/m1/s1. The quantitative estimate of drug-likeness (QED) is 0.659. The molecule has 0 heterocycles. The van der Waals surface area contributed by atoms with Crippen molar-refractivity contribution < 1.29 is 19.4 Å². The number of ether oxygens (including phenoxy) is 1. The molecule has 0 amide bonds. The van der Waals surface area contributed by atoms with Crippen LogP contribution in [0.4, 0.5) is 0 Å². The normalized spacial score (nSPS) is 16.1. The molecule has 5 heteroatoms. The van der Waals surface area contributed by atoms with Crippen molar-refractivity contribution in [3.63, 3.8) is 0 Å². The van der Waals surface area contributed by atoms with Crippen LogP contribution in [0.2, 0.25) is 0 Å². The van der Waals surface area contributed by atoms with Crippen LogP contribution in [0.5, 0.6) is 0 Å². The molecule has 0 aromatic carbocycles. The Morgan fingerprint density at radius 3 is 2.00 bits per heavy atom. The number of likely N-dealkylation sites (N-methyl/N-ethyl adjacent to an activating group) is 1. The highest BCUT2D eigenvalue weighted by atomic mass is 16.5. The van der Waals surface area contributed by atoms with E-state index in [1.165, 1.54) is 6.92 Å². The molecule has 0 aliphatic rings. The third-order valence-electron chi connectivity index (χ3n) is 3.87. The summed E-state index contributed by atoms with van der Waals surface area (Å²) in [5, 5.41) is 9.16. The lowest BCUT2D eigenvalue weighted by Gasteiger charge is -2.38. The fourth-order valence-corrected chi connectivity index (χ4v) is 2.31. The maximum absolute atomic E-state index is 12.6. The van der Waals surface area contributed by atoms with Crippen molar-refractivity contribution in [1.29, 1.82) is 0 Å². The number of carbonyl (C=O) groups excluding carboxylic acids is 2. The molecule has 0 aliphatic heterocycles. The van der Waals surface area contributed by atoms with E-state index < -0.39 is 18.1 Å². The first kappa shape index (κ1) is 20.1. The molecule has 0 spiro atoms. The van der Waals surface area contributed by atoms with E-state index in [1.54, 1.807) is 0 Å². The van der Waals surface area contributed by atoms with E-state index in [2.05, 4.69) is 0 Å². The molecule has 5 nitrogen and oxygen atoms in total. The molecular weight excluding hydrogens is 270 g/mol. The fraction of sp³-hybridized carbons (Fsp3) is 0.875. The molecule has 3 atom stereocenters. The second kappa shape index (κ2) is 9.15. The number of esters is 1. The van der Waals surface area contributed by atoms with Gasteiger partial charge >= 0.3 is 5.97 Å². The van der Waals surface area contributed by atoms with Crippen molar-refractivity contribution in [3.8, 4) is 0 Å². The van der Waals surface area contributed by atoms with Crippen molar-refractivity contribution in [2.45, 2.75) is 66.2 Å². The van der Waals surface area contributed by atoms with Crippen molar-refractivity contribution in [2.24, 2.45) is 11.8 Å². The molecule has 0 unspecified atom stereocenters. The molecule has 0 aliphatic carbocycles. The molecule has 0 fully saturated rings. The first-order valence-corrected chi connectivity index (χ1v) is 7.67. The SMILES string of the molecule is CC(=O)O[C@H]([C@H](C)CCO)[C@@H](C(=O)C(C)C)N(C)C(C)C. The number of ketones is 1. The van der Waals surface area contributed by atoms with E-state index in [4.69, 9.17) is 9.84 Å². The number of rotatable bonds is 9. The van der Waals surface area contributed by atoms with Crippen molar-refractivity contribution in [3.05, 3.63) is 0 Å². The van der Waals surface area contributed by atoms with Gasteiger partial charge in [0.15, 0.2) is 5.78 Å². The van der Waals surface area contributed by atoms with Gasteiger partial charge in [-0.2, -0.15) is 0 Å². The lowest BCUT2D eigenvalue weighted by atomic mass is 9.87. The Kier molecular flexibility index (Phi) is 8.74. The third-order valence-corrected chi connectivity index (χ3v) is 3.87. The Hall–Kier alpha value is -0.940. The summed E-state index contributed by atoms with van der Waals surface area (Å²) >= 11 is 0. The molecule has 1 N–H and O–H groups in total. The third kappa shape index (κ3) is 6.14. The molecule has 0 saturated heterocycles. The summed E-state index contributed by atoms with van der Waals surface area (Å²) in [6.07, 6.45) is -0.0527. The van der Waals surface area contributed by atoms with E-state index in [9.17, 15) is 9.59 Å². The van der Waals surface area contributed by atoms with Crippen molar-refractivity contribution in [2.75, 3.05) is 13.7 Å². The van der Waals surface area contributed by atoms with Crippen LogP contribution >= 0.6 is 0 Å². The number of aliphatic hydroxyl groups is 1. The first-order valence-electron chi connectivity index (χ1n) is 7.67. The van der Waals surface area contributed by atoms with Crippen LogP contribution in [0.3, 0.4) is 0 Å². The van der Waals surface area contributed by atoms with Gasteiger partial charge in [0, 0.05) is 25.5 Å². The Morgan fingerprint density at radius 1 is 1.14 bits per heavy atom. The van der Waals surface area contributed by atoms with Gasteiger partial charge in [0.05, 0.1) is 0 Å². The van der Waals surface area contributed by atoms with E-state index in [-0.39, 0.29) is 30.3 Å². The van der Waals surface area contributed by atoms with Gasteiger partial charge in [-0.05, 0) is 33.2 Å². The van der Waals surface area contributed by atoms with Gasteiger partial charge in [-0.25, -0.2) is 0 Å². The lowest BCUT2D eigenvalue weighted by molar-refractivity contribution is -0.157. The average molecular weight is 301 g/mol. The molecule has 0 rings (SSSR count). The molecule has 0 aromatic rings. The number of aliphatic hydroxyl groups excluding tert-OH is 1. The maximum Gasteiger partial charge on any atom is 0.302 e. The molecule has 0 aromatic heterocycles. The van der Waals surface area contributed by atoms with Gasteiger partial charge in [-0.1, -0.05) is 20.8 Å². The van der Waals surface area contributed by atoms with Gasteiger partial charge in [-0.15, -0.1) is 0 Å². The molecule has 124 valence electrons. The van der Waals surface area contributed by atoms with E-state index >= 15 is 0 Å². The van der Waals surface area contributed by atoms with Crippen LogP contribution < -0.4 is 0 Å². The zero-order valence-electron chi connectivity index (χ0n) is 14.4. The number of Topliss-reactive ketones (excluding diaryl/α,β-unsaturated/α-hetero) is 1. The second-order valence-electron chi connectivity index (χ2n) is 6.32. The van der Waals surface area contributed by atoms with Crippen LogP contribution in [0.25, 0.3) is 0 Å². The molecule has 0 bridgehead atoms. The Labute approximate surface area is 128 Å². The zero-order chi connectivity index (χ0) is 16.7. The summed E-state index contributed by atoms with van der Waals surface area (Å²) in [6, 6.07) is -0.340. The monoisotopic (exact) mass is 301 g/mol. The fourth-order valence-electron chi connectivity index (χ4n) is 2.31. The Balaban J connectivity index is 5.53. The predicted molar refractivity (Wildman–Crippen MR) is 83.0 cm³/mol. The second-order valence-corrected chi connectivity index (χ2v) is 6.32. The summed E-state index contributed by atoms with van der Waals surface area (Å²) in [5.74, 6) is -0.575. The highest BCUT2D eigenvalue weighted by Gasteiger charge is 2.39. The number of carbonyl (C=O) groups is 2. The summed E-state index contributed by atoms with van der Waals surface area (Å²) < 4.78 is 5.46. The van der Waals surface area contributed by atoms with Gasteiger partial charge < -0.3 is 9.84 Å². The average Bonchev–Trinajstić information content (AvgIpc) is 2.36. The van der Waals surface area contributed by atoms with Crippen LogP contribution in [0, 0.1) is 11.8 Å². The van der Waals surface area contributed by atoms with Gasteiger partial charge in [0.2, 0.25) is 0 Å². The van der Waals surface area contributed by atoms with E-state index in [0.717, 1.165) is 0 Å². The minimum absolute atomic E-state index is 0.00686. The molecular formula is C16H31NO4. The Morgan fingerprint density at radius 2 is 1.67 bits per heavy atom. The zero-order valence-corrected chi connectivity index (χ0v) is 14.4. The molecule has 0 saturated carbocycles. The van der Waals surface area contributed by atoms with Crippen LogP contribution in [0.1, 0.15) is 48.0 Å².